The van der Waals surface area contributed by atoms with Crippen molar-refractivity contribution in [3.8, 4) is 0 Å². The van der Waals surface area contributed by atoms with E-state index in [2.05, 4.69) is 5.32 Å². The van der Waals surface area contributed by atoms with E-state index in [0.717, 1.165) is 4.88 Å². The van der Waals surface area contributed by atoms with E-state index >= 15 is 0 Å². The van der Waals surface area contributed by atoms with E-state index in [1.54, 1.807) is 13.0 Å². The first kappa shape index (κ1) is 12.7. The molecule has 0 aliphatic carbocycles. The highest BCUT2D eigenvalue weighted by molar-refractivity contribution is 7.10. The molecule has 0 fully saturated rings. The topological polar surface area (TPSA) is 55.1 Å². The zero-order valence-corrected chi connectivity index (χ0v) is 10.6. The molecule has 2 rings (SSSR count). The summed E-state index contributed by atoms with van der Waals surface area (Å²) in [6, 6.07) is 7.37. The van der Waals surface area contributed by atoms with Gasteiger partial charge >= 0.3 is 0 Å². The average molecular weight is 264 g/mol. The van der Waals surface area contributed by atoms with Crippen LogP contribution in [0, 0.1) is 12.7 Å². The van der Waals surface area contributed by atoms with Gasteiger partial charge in [0.25, 0.3) is 0 Å². The molecule has 0 aliphatic rings. The van der Waals surface area contributed by atoms with E-state index in [0.29, 0.717) is 11.3 Å². The minimum absolute atomic E-state index is 0.296. The van der Waals surface area contributed by atoms with E-state index in [-0.39, 0.29) is 11.7 Å². The number of amides is 1. The third kappa shape index (κ3) is 2.75. The lowest BCUT2D eigenvalue weighted by Crippen LogP contribution is -2.27. The van der Waals surface area contributed by atoms with Gasteiger partial charge in [-0.25, -0.2) is 4.39 Å². The Labute approximate surface area is 108 Å². The normalized spacial score (nSPS) is 12.2. The Bertz CT molecular complexity index is 554. The van der Waals surface area contributed by atoms with Gasteiger partial charge in [-0.1, -0.05) is 6.07 Å². The maximum Gasteiger partial charge on any atom is 0.246 e. The number of carbonyl (C=O) groups is 1. The number of anilines is 1. The van der Waals surface area contributed by atoms with Crippen molar-refractivity contribution in [3.63, 3.8) is 0 Å². The number of hydrogen-bond donors (Lipinski definition) is 2. The zero-order valence-electron chi connectivity index (χ0n) is 9.81. The van der Waals surface area contributed by atoms with E-state index in [4.69, 9.17) is 5.73 Å². The van der Waals surface area contributed by atoms with Crippen LogP contribution in [-0.4, -0.2) is 5.91 Å². The second-order valence-electron chi connectivity index (χ2n) is 3.95. The minimum Gasteiger partial charge on any atom is -0.324 e. The van der Waals surface area contributed by atoms with Gasteiger partial charge in [0.2, 0.25) is 5.91 Å². The highest BCUT2D eigenvalue weighted by Crippen LogP contribution is 2.19. The molecule has 0 bridgehead atoms. The largest absolute Gasteiger partial charge is 0.324 e. The molecular weight excluding hydrogens is 251 g/mol. The van der Waals surface area contributed by atoms with E-state index < -0.39 is 6.04 Å². The van der Waals surface area contributed by atoms with Crippen LogP contribution >= 0.6 is 11.3 Å². The molecule has 1 aromatic heterocycles. The number of hydrogen-bond acceptors (Lipinski definition) is 3. The summed E-state index contributed by atoms with van der Waals surface area (Å²) in [5.74, 6) is -0.598. The van der Waals surface area contributed by atoms with Gasteiger partial charge in [0.1, 0.15) is 11.9 Å². The molecule has 18 heavy (non-hydrogen) atoms. The third-order valence-corrected chi connectivity index (χ3v) is 3.51. The van der Waals surface area contributed by atoms with Crippen molar-refractivity contribution in [1.82, 2.24) is 0 Å². The summed E-state index contributed by atoms with van der Waals surface area (Å²) < 4.78 is 13.1. The summed E-state index contributed by atoms with van der Waals surface area (Å²) in [6.07, 6.45) is 0. The number of thiophene rings is 1. The summed E-state index contributed by atoms with van der Waals surface area (Å²) in [4.78, 5) is 12.7. The van der Waals surface area contributed by atoms with Gasteiger partial charge in [0.05, 0.1) is 0 Å². The molecule has 1 unspecified atom stereocenters. The molecule has 1 heterocycles. The minimum atomic E-state index is -0.699. The van der Waals surface area contributed by atoms with Gasteiger partial charge in [-0.15, -0.1) is 11.3 Å². The van der Waals surface area contributed by atoms with Crippen LogP contribution in [0.25, 0.3) is 0 Å². The lowest BCUT2D eigenvalue weighted by atomic mass is 10.2. The Balaban J connectivity index is 2.09. The lowest BCUT2D eigenvalue weighted by molar-refractivity contribution is -0.117. The number of halogens is 1. The third-order valence-electron chi connectivity index (χ3n) is 2.56. The SMILES string of the molecule is Cc1cc(NC(=O)C(N)c2cccs2)ccc1F. The number of benzene rings is 1. The molecule has 3 nitrogen and oxygen atoms in total. The fourth-order valence-corrected chi connectivity index (χ4v) is 2.26. The Morgan fingerprint density at radius 3 is 2.83 bits per heavy atom. The lowest BCUT2D eigenvalue weighted by Gasteiger charge is -2.11. The molecule has 94 valence electrons. The van der Waals surface area contributed by atoms with Crippen LogP contribution in [0.4, 0.5) is 10.1 Å². The number of aryl methyl sites for hydroxylation is 1. The van der Waals surface area contributed by atoms with Crippen molar-refractivity contribution in [2.45, 2.75) is 13.0 Å². The quantitative estimate of drug-likeness (QED) is 0.895. The van der Waals surface area contributed by atoms with E-state index in [1.165, 1.54) is 23.5 Å². The summed E-state index contributed by atoms with van der Waals surface area (Å²) in [5, 5.41) is 4.54. The molecule has 0 aliphatic heterocycles. The molecule has 3 N–H and O–H groups in total. The Kier molecular flexibility index (Phi) is 3.74. The fourth-order valence-electron chi connectivity index (χ4n) is 1.54. The molecule has 5 heteroatoms. The Hall–Kier alpha value is -1.72. The van der Waals surface area contributed by atoms with Gasteiger partial charge in [0.15, 0.2) is 0 Å². The Morgan fingerprint density at radius 1 is 1.44 bits per heavy atom. The highest BCUT2D eigenvalue weighted by Gasteiger charge is 2.16. The summed E-state index contributed by atoms with van der Waals surface area (Å²) in [6.45, 7) is 1.64. The van der Waals surface area contributed by atoms with Crippen molar-refractivity contribution in [1.29, 1.82) is 0 Å². The number of nitrogens with one attached hydrogen (secondary N) is 1. The van der Waals surface area contributed by atoms with Gasteiger partial charge in [-0.05, 0) is 42.1 Å². The second kappa shape index (κ2) is 5.29. The molecule has 1 aromatic carbocycles. The monoisotopic (exact) mass is 264 g/mol. The number of nitrogens with two attached hydrogens (primary N) is 1. The molecule has 0 saturated carbocycles. The molecule has 0 spiro atoms. The van der Waals surface area contributed by atoms with E-state index in [1.807, 2.05) is 17.5 Å². The van der Waals surface area contributed by atoms with Gasteiger partial charge < -0.3 is 11.1 Å². The van der Waals surface area contributed by atoms with E-state index in [9.17, 15) is 9.18 Å². The summed E-state index contributed by atoms with van der Waals surface area (Å²) >= 11 is 1.43. The van der Waals surface area contributed by atoms with Gasteiger partial charge in [-0.3, -0.25) is 4.79 Å². The molecule has 2 aromatic rings. The van der Waals surface area contributed by atoms with Gasteiger partial charge in [-0.2, -0.15) is 0 Å². The fraction of sp³-hybridized carbons (Fsp3) is 0.154. The predicted octanol–water partition coefficient (Wildman–Crippen LogP) is 2.83. The van der Waals surface area contributed by atoms with Crippen molar-refractivity contribution >= 4 is 22.9 Å². The molecule has 0 saturated heterocycles. The molecular formula is C13H13FN2OS. The van der Waals surface area contributed by atoms with Crippen LogP contribution in [0.1, 0.15) is 16.5 Å². The van der Waals surface area contributed by atoms with Crippen LogP contribution in [-0.2, 0) is 4.79 Å². The standard InChI is InChI=1S/C13H13FN2OS/c1-8-7-9(4-5-10(8)14)16-13(17)12(15)11-3-2-6-18-11/h2-7,12H,15H2,1H3,(H,16,17). The summed E-state index contributed by atoms with van der Waals surface area (Å²) in [5.41, 5.74) is 6.85. The molecule has 1 amide bonds. The maximum absolute atomic E-state index is 13.1. The first-order valence-electron chi connectivity index (χ1n) is 5.44. The predicted molar refractivity (Wildman–Crippen MR) is 71.0 cm³/mol. The number of carbonyl (C=O) groups excluding carboxylic acids is 1. The maximum atomic E-state index is 13.1. The van der Waals surface area contributed by atoms with Crippen molar-refractivity contribution < 1.29 is 9.18 Å². The zero-order chi connectivity index (χ0) is 13.1. The van der Waals surface area contributed by atoms with Gasteiger partial charge in [0, 0.05) is 10.6 Å². The van der Waals surface area contributed by atoms with Crippen LogP contribution in [0.15, 0.2) is 35.7 Å². The summed E-state index contributed by atoms with van der Waals surface area (Å²) in [7, 11) is 0. The smallest absolute Gasteiger partial charge is 0.246 e. The molecule has 0 radical (unpaired) electrons. The highest BCUT2D eigenvalue weighted by atomic mass is 32.1. The second-order valence-corrected chi connectivity index (χ2v) is 4.93. The number of rotatable bonds is 3. The first-order chi connectivity index (χ1) is 8.58. The van der Waals surface area contributed by atoms with Crippen molar-refractivity contribution in [3.05, 3.63) is 52.0 Å². The van der Waals surface area contributed by atoms with Crippen LogP contribution in [0.3, 0.4) is 0 Å². The van der Waals surface area contributed by atoms with Crippen LogP contribution in [0.5, 0.6) is 0 Å². The average Bonchev–Trinajstić information content (AvgIpc) is 2.86. The molecule has 1 atom stereocenters. The first-order valence-corrected chi connectivity index (χ1v) is 6.32. The van der Waals surface area contributed by atoms with Crippen LogP contribution < -0.4 is 11.1 Å². The van der Waals surface area contributed by atoms with Crippen molar-refractivity contribution in [2.75, 3.05) is 5.32 Å². The van der Waals surface area contributed by atoms with Crippen LogP contribution in [0.2, 0.25) is 0 Å². The Morgan fingerprint density at radius 2 is 2.22 bits per heavy atom. The van der Waals surface area contributed by atoms with Crippen molar-refractivity contribution in [2.24, 2.45) is 5.73 Å².